The zero-order chi connectivity index (χ0) is 14.4. The number of anilines is 2. The number of thiazole rings is 1. The first-order valence-corrected chi connectivity index (χ1v) is 6.73. The average Bonchev–Trinajstić information content (AvgIpc) is 2.68. The van der Waals surface area contributed by atoms with Gasteiger partial charge in [-0.3, -0.25) is 4.79 Å². The first kappa shape index (κ1) is 15.7. The third-order valence-electron chi connectivity index (χ3n) is 2.20. The lowest BCUT2D eigenvalue weighted by atomic mass is 10.3. The number of ether oxygens (including phenoxy) is 1. The molecule has 1 aromatic rings. The Balaban J connectivity index is 2.73. The van der Waals surface area contributed by atoms with Crippen LogP contribution in [0, 0.1) is 0 Å². The minimum Gasteiger partial charge on any atom is -0.394 e. The molecular weight excluding hydrogens is 268 g/mol. The van der Waals surface area contributed by atoms with Crippen molar-refractivity contribution in [2.24, 2.45) is 0 Å². The van der Waals surface area contributed by atoms with Crippen LogP contribution in [-0.4, -0.2) is 48.4 Å². The van der Waals surface area contributed by atoms with E-state index in [2.05, 4.69) is 15.6 Å². The number of carbonyl (C=O) groups is 1. The maximum Gasteiger partial charge on any atom is 0.265 e. The van der Waals surface area contributed by atoms with Crippen molar-refractivity contribution in [3.05, 3.63) is 4.88 Å². The molecule has 8 heteroatoms. The van der Waals surface area contributed by atoms with Crippen LogP contribution < -0.4 is 16.4 Å². The quantitative estimate of drug-likeness (QED) is 0.574. The van der Waals surface area contributed by atoms with E-state index in [1.54, 1.807) is 0 Å². The lowest BCUT2D eigenvalue weighted by Crippen LogP contribution is -2.40. The van der Waals surface area contributed by atoms with Crippen molar-refractivity contribution in [3.8, 4) is 0 Å². The number of hydrogen-bond acceptors (Lipinski definition) is 7. The fourth-order valence-corrected chi connectivity index (χ4v) is 2.33. The summed E-state index contributed by atoms with van der Waals surface area (Å²) in [6.45, 7) is 3.98. The largest absolute Gasteiger partial charge is 0.394 e. The second-order valence-corrected chi connectivity index (χ2v) is 5.34. The number of nitrogens with zero attached hydrogens (tertiary/aromatic N) is 1. The predicted octanol–water partition coefficient (Wildman–Crippen LogP) is 0.283. The van der Waals surface area contributed by atoms with Crippen molar-refractivity contribution in [2.75, 3.05) is 31.4 Å². The van der Waals surface area contributed by atoms with Gasteiger partial charge in [0.2, 0.25) is 0 Å². The van der Waals surface area contributed by atoms with E-state index >= 15 is 0 Å². The van der Waals surface area contributed by atoms with Crippen LogP contribution in [0.15, 0.2) is 0 Å². The van der Waals surface area contributed by atoms with Gasteiger partial charge in [0.1, 0.15) is 10.7 Å². The van der Waals surface area contributed by atoms with Crippen LogP contribution in [0.25, 0.3) is 0 Å². The van der Waals surface area contributed by atoms with Gasteiger partial charge >= 0.3 is 0 Å². The van der Waals surface area contributed by atoms with Gasteiger partial charge in [0.05, 0.1) is 19.3 Å². The smallest absolute Gasteiger partial charge is 0.265 e. The summed E-state index contributed by atoms with van der Waals surface area (Å²) in [5, 5.41) is 15.4. The molecule has 1 atom stereocenters. The summed E-state index contributed by atoms with van der Waals surface area (Å²) in [6, 6.07) is -0.249. The van der Waals surface area contributed by atoms with Gasteiger partial charge in [-0.1, -0.05) is 11.3 Å². The van der Waals surface area contributed by atoms with E-state index in [-0.39, 0.29) is 31.0 Å². The number of methoxy groups -OCH3 is 1. The van der Waals surface area contributed by atoms with E-state index < -0.39 is 6.04 Å². The molecule has 0 fully saturated rings. The highest BCUT2D eigenvalue weighted by atomic mass is 32.1. The molecular formula is C11H20N4O3S. The number of aliphatic hydroxyl groups is 1. The van der Waals surface area contributed by atoms with E-state index in [9.17, 15) is 4.79 Å². The second kappa shape index (κ2) is 7.27. The van der Waals surface area contributed by atoms with Crippen molar-refractivity contribution in [3.63, 3.8) is 0 Å². The zero-order valence-corrected chi connectivity index (χ0v) is 12.1. The van der Waals surface area contributed by atoms with Gasteiger partial charge in [0, 0.05) is 13.2 Å². The molecule has 7 nitrogen and oxygen atoms in total. The fourth-order valence-electron chi connectivity index (χ4n) is 1.40. The first-order valence-electron chi connectivity index (χ1n) is 5.91. The molecule has 0 aliphatic carbocycles. The van der Waals surface area contributed by atoms with Gasteiger partial charge in [-0.15, -0.1) is 0 Å². The van der Waals surface area contributed by atoms with E-state index in [1.807, 2.05) is 13.8 Å². The van der Waals surface area contributed by atoms with Gasteiger partial charge in [-0.25, -0.2) is 4.98 Å². The molecule has 0 saturated heterocycles. The number of carbonyl (C=O) groups excluding carboxylic acids is 1. The Morgan fingerprint density at radius 2 is 2.26 bits per heavy atom. The molecule has 1 heterocycles. The number of nitrogen functional groups attached to an aromatic ring is 1. The Hall–Kier alpha value is -1.38. The molecule has 0 saturated carbocycles. The number of nitrogens with two attached hydrogens (primary N) is 1. The Morgan fingerprint density at radius 3 is 2.79 bits per heavy atom. The summed E-state index contributed by atoms with van der Waals surface area (Å²) in [5.41, 5.74) is 5.71. The molecule has 1 amide bonds. The van der Waals surface area contributed by atoms with Crippen LogP contribution in [0.1, 0.15) is 23.5 Å². The Morgan fingerprint density at radius 1 is 1.58 bits per heavy atom. The van der Waals surface area contributed by atoms with Crippen LogP contribution >= 0.6 is 11.3 Å². The Kier molecular flexibility index (Phi) is 6.00. The molecule has 0 aliphatic rings. The number of rotatable bonds is 7. The van der Waals surface area contributed by atoms with Crippen LogP contribution in [0.2, 0.25) is 0 Å². The highest BCUT2D eigenvalue weighted by Gasteiger charge is 2.19. The SMILES string of the molecule is COCC(CO)NC(=O)c1sc(NC(C)C)nc1N. The fraction of sp³-hybridized carbons (Fsp3) is 0.636. The molecule has 1 rings (SSSR count). The maximum absolute atomic E-state index is 12.0. The molecule has 1 aromatic heterocycles. The third-order valence-corrected chi connectivity index (χ3v) is 3.20. The van der Waals surface area contributed by atoms with Crippen molar-refractivity contribution in [2.45, 2.75) is 25.9 Å². The summed E-state index contributed by atoms with van der Waals surface area (Å²) < 4.78 is 4.89. The molecule has 1 unspecified atom stereocenters. The Labute approximate surface area is 116 Å². The molecule has 0 spiro atoms. The molecule has 0 aromatic carbocycles. The predicted molar refractivity (Wildman–Crippen MR) is 75.5 cm³/mol. The van der Waals surface area contributed by atoms with E-state index in [1.165, 1.54) is 18.4 Å². The lowest BCUT2D eigenvalue weighted by molar-refractivity contribution is 0.0844. The molecule has 0 aliphatic heterocycles. The maximum atomic E-state index is 12.0. The summed E-state index contributed by atoms with van der Waals surface area (Å²) in [5.74, 6) is -0.178. The van der Waals surface area contributed by atoms with Crippen molar-refractivity contribution < 1.29 is 14.6 Å². The minimum absolute atomic E-state index is 0.180. The van der Waals surface area contributed by atoms with Crippen molar-refractivity contribution >= 4 is 28.2 Å². The number of aromatic nitrogens is 1. The average molecular weight is 288 g/mol. The summed E-state index contributed by atoms with van der Waals surface area (Å²) in [6.07, 6.45) is 0. The van der Waals surface area contributed by atoms with E-state index in [0.29, 0.717) is 10.0 Å². The van der Waals surface area contributed by atoms with Gasteiger partial charge < -0.3 is 26.2 Å². The normalized spacial score (nSPS) is 12.5. The lowest BCUT2D eigenvalue weighted by Gasteiger charge is -2.14. The molecule has 108 valence electrons. The summed E-state index contributed by atoms with van der Waals surface area (Å²) in [7, 11) is 1.50. The highest BCUT2D eigenvalue weighted by Crippen LogP contribution is 2.25. The van der Waals surface area contributed by atoms with Crippen molar-refractivity contribution in [1.82, 2.24) is 10.3 Å². The number of amides is 1. The van der Waals surface area contributed by atoms with Crippen LogP contribution in [-0.2, 0) is 4.74 Å². The van der Waals surface area contributed by atoms with Gasteiger partial charge in [0.15, 0.2) is 5.13 Å². The number of nitrogens with one attached hydrogen (secondary N) is 2. The monoisotopic (exact) mass is 288 g/mol. The van der Waals surface area contributed by atoms with Crippen LogP contribution in [0.4, 0.5) is 10.9 Å². The molecule has 5 N–H and O–H groups in total. The molecule has 0 radical (unpaired) electrons. The first-order chi connectivity index (χ1) is 8.97. The van der Waals surface area contributed by atoms with E-state index in [4.69, 9.17) is 15.6 Å². The summed E-state index contributed by atoms with van der Waals surface area (Å²) in [4.78, 5) is 16.4. The minimum atomic E-state index is -0.458. The Bertz CT molecular complexity index is 422. The third kappa shape index (κ3) is 4.66. The van der Waals surface area contributed by atoms with Gasteiger partial charge in [-0.2, -0.15) is 0 Å². The molecule has 0 bridgehead atoms. The number of aliphatic hydroxyl groups excluding tert-OH is 1. The van der Waals surface area contributed by atoms with Crippen LogP contribution in [0.5, 0.6) is 0 Å². The highest BCUT2D eigenvalue weighted by molar-refractivity contribution is 7.18. The van der Waals surface area contributed by atoms with Gasteiger partial charge in [-0.05, 0) is 13.8 Å². The number of hydrogen-bond donors (Lipinski definition) is 4. The topological polar surface area (TPSA) is 110 Å². The zero-order valence-electron chi connectivity index (χ0n) is 11.3. The van der Waals surface area contributed by atoms with Crippen LogP contribution in [0.3, 0.4) is 0 Å². The van der Waals surface area contributed by atoms with E-state index in [0.717, 1.165) is 0 Å². The summed E-state index contributed by atoms with van der Waals surface area (Å²) >= 11 is 1.18. The van der Waals surface area contributed by atoms with Crippen molar-refractivity contribution in [1.29, 1.82) is 0 Å². The molecule has 19 heavy (non-hydrogen) atoms. The van der Waals surface area contributed by atoms with Gasteiger partial charge in [0.25, 0.3) is 5.91 Å². The second-order valence-electron chi connectivity index (χ2n) is 4.34. The standard InChI is InChI=1S/C11H20N4O3S/c1-6(2)13-11-15-9(12)8(19-11)10(17)14-7(4-16)5-18-3/h6-7,16H,4-5,12H2,1-3H3,(H,13,15)(H,14,17).